The van der Waals surface area contributed by atoms with E-state index in [1.165, 1.54) is 0 Å². The minimum absolute atomic E-state index is 0.312. The first-order valence-corrected chi connectivity index (χ1v) is 12.9. The van der Waals surface area contributed by atoms with Gasteiger partial charge in [-0.15, -0.1) is 0 Å². The molecular weight excluding hydrogens is 474 g/mol. The van der Waals surface area contributed by atoms with Gasteiger partial charge in [-0.3, -0.25) is 19.3 Å². The first-order chi connectivity index (χ1) is 17.5. The molecule has 0 aliphatic rings. The summed E-state index contributed by atoms with van der Waals surface area (Å²) in [6.07, 6.45) is 3.35. The van der Waals surface area contributed by atoms with Gasteiger partial charge in [-0.1, -0.05) is 36.4 Å². The van der Waals surface area contributed by atoms with Gasteiger partial charge in [0.1, 0.15) is 11.4 Å². The quantitative estimate of drug-likeness (QED) is 0.292. The number of H-pyrrole nitrogens is 1. The van der Waals surface area contributed by atoms with E-state index in [1.807, 2.05) is 60.7 Å². The van der Waals surface area contributed by atoms with Crippen LogP contribution in [0.3, 0.4) is 0 Å². The predicted octanol–water partition coefficient (Wildman–Crippen LogP) is 4.40. The number of hydrogen-bond acceptors (Lipinski definition) is 6. The number of aromatic nitrogens is 3. The molecule has 0 aliphatic heterocycles. The molecule has 182 valence electrons. The van der Waals surface area contributed by atoms with Crippen molar-refractivity contribution in [2.24, 2.45) is 0 Å². The lowest BCUT2D eigenvalue weighted by molar-refractivity contribution is 0.102. The molecule has 0 aliphatic carbocycles. The molecule has 0 radical (unpaired) electrons. The van der Waals surface area contributed by atoms with Gasteiger partial charge in [0, 0.05) is 52.2 Å². The number of nitrogens with zero attached hydrogens (tertiary/aromatic N) is 2. The fraction of sp³-hybridized carbons (Fsp3) is 0.148. The van der Waals surface area contributed by atoms with Gasteiger partial charge in [-0.05, 0) is 41.3 Å². The summed E-state index contributed by atoms with van der Waals surface area (Å²) < 4.78 is 17.2. The van der Waals surface area contributed by atoms with Crippen molar-refractivity contribution in [1.29, 1.82) is 0 Å². The van der Waals surface area contributed by atoms with E-state index in [0.29, 0.717) is 36.0 Å². The van der Waals surface area contributed by atoms with Crippen LogP contribution in [0.15, 0.2) is 77.8 Å². The van der Waals surface area contributed by atoms with Gasteiger partial charge in [-0.2, -0.15) is 0 Å². The summed E-state index contributed by atoms with van der Waals surface area (Å²) in [6.45, 7) is 1.13. The number of methoxy groups -OCH3 is 1. The van der Waals surface area contributed by atoms with Crippen LogP contribution in [-0.4, -0.2) is 38.4 Å². The predicted molar refractivity (Wildman–Crippen MR) is 142 cm³/mol. The Bertz CT molecular complexity index is 1580. The van der Waals surface area contributed by atoms with Crippen molar-refractivity contribution in [2.45, 2.75) is 18.0 Å². The van der Waals surface area contributed by atoms with Gasteiger partial charge >= 0.3 is 0 Å². The molecule has 0 spiro atoms. The van der Waals surface area contributed by atoms with Crippen molar-refractivity contribution >= 4 is 44.5 Å². The SMILES string of the molecule is COc1ccc2[nH]c(NC(=O)c3cc4ccccc4cn3)nc2c1CNCc1ccc(S(C)=O)cc1. The standard InChI is InChI=1S/C27H25N5O3S/c1-35-24-12-11-22-25(21(24)16-28-14-17-7-9-20(10-8-17)36(2)34)31-27(30-22)32-26(33)23-13-18-5-3-4-6-19(18)15-29-23/h3-13,15,28H,14,16H2,1-2H3,(H2,30,31,32,33). The van der Waals surface area contributed by atoms with E-state index in [1.54, 1.807) is 25.6 Å². The van der Waals surface area contributed by atoms with Gasteiger partial charge < -0.3 is 15.0 Å². The molecule has 5 aromatic rings. The Hall–Kier alpha value is -4.08. The molecule has 1 amide bonds. The number of anilines is 1. The van der Waals surface area contributed by atoms with E-state index in [2.05, 4.69) is 25.6 Å². The molecule has 1 atom stereocenters. The zero-order chi connectivity index (χ0) is 25.1. The molecule has 3 aromatic carbocycles. The normalized spacial score (nSPS) is 12.1. The van der Waals surface area contributed by atoms with E-state index < -0.39 is 10.8 Å². The Morgan fingerprint density at radius 3 is 2.56 bits per heavy atom. The minimum atomic E-state index is -0.996. The zero-order valence-corrected chi connectivity index (χ0v) is 20.7. The van der Waals surface area contributed by atoms with Crippen molar-refractivity contribution in [2.75, 3.05) is 18.7 Å². The number of ether oxygens (including phenoxy) is 1. The summed E-state index contributed by atoms with van der Waals surface area (Å²) in [5.74, 6) is 0.692. The van der Waals surface area contributed by atoms with Crippen LogP contribution in [-0.2, 0) is 23.9 Å². The first kappa shape index (κ1) is 23.7. The summed E-state index contributed by atoms with van der Waals surface area (Å²) in [7, 11) is 0.624. The highest BCUT2D eigenvalue weighted by Crippen LogP contribution is 2.28. The van der Waals surface area contributed by atoms with Crippen molar-refractivity contribution in [3.8, 4) is 5.75 Å². The summed E-state index contributed by atoms with van der Waals surface area (Å²) in [5, 5.41) is 8.15. The summed E-state index contributed by atoms with van der Waals surface area (Å²) in [5.41, 5.74) is 3.76. The number of imidazole rings is 1. The highest BCUT2D eigenvalue weighted by Gasteiger charge is 2.16. The van der Waals surface area contributed by atoms with Crippen LogP contribution in [0.25, 0.3) is 21.8 Å². The van der Waals surface area contributed by atoms with E-state index in [0.717, 1.165) is 32.3 Å². The number of benzene rings is 3. The average Bonchev–Trinajstić information content (AvgIpc) is 3.31. The van der Waals surface area contributed by atoms with E-state index in [9.17, 15) is 9.00 Å². The number of carbonyl (C=O) groups is 1. The monoisotopic (exact) mass is 499 g/mol. The van der Waals surface area contributed by atoms with Gasteiger partial charge in [0.2, 0.25) is 5.95 Å². The summed E-state index contributed by atoms with van der Waals surface area (Å²) in [6, 6.07) is 20.9. The van der Waals surface area contributed by atoms with Crippen LogP contribution in [0, 0.1) is 0 Å². The molecule has 5 rings (SSSR count). The van der Waals surface area contributed by atoms with Crippen molar-refractivity contribution in [3.05, 3.63) is 89.7 Å². The third-order valence-corrected chi connectivity index (χ3v) is 6.85. The molecule has 9 heteroatoms. The molecule has 0 saturated carbocycles. The highest BCUT2D eigenvalue weighted by atomic mass is 32.2. The second-order valence-corrected chi connectivity index (χ2v) is 9.68. The minimum Gasteiger partial charge on any atom is -0.496 e. The maximum Gasteiger partial charge on any atom is 0.276 e. The molecule has 0 fully saturated rings. The number of aromatic amines is 1. The number of pyridine rings is 1. The van der Waals surface area contributed by atoms with Gasteiger partial charge in [-0.25, -0.2) is 4.98 Å². The van der Waals surface area contributed by atoms with Gasteiger partial charge in [0.05, 0.1) is 18.1 Å². The smallest absolute Gasteiger partial charge is 0.276 e. The molecule has 0 bridgehead atoms. The maximum absolute atomic E-state index is 12.8. The third-order valence-electron chi connectivity index (χ3n) is 5.92. The fourth-order valence-corrected chi connectivity index (χ4v) is 4.56. The van der Waals surface area contributed by atoms with Crippen LogP contribution in [0.2, 0.25) is 0 Å². The van der Waals surface area contributed by atoms with Crippen LogP contribution < -0.4 is 15.4 Å². The van der Waals surface area contributed by atoms with Gasteiger partial charge in [0.15, 0.2) is 0 Å². The first-order valence-electron chi connectivity index (χ1n) is 11.4. The second-order valence-electron chi connectivity index (χ2n) is 8.30. The number of hydrogen-bond donors (Lipinski definition) is 3. The molecule has 3 N–H and O–H groups in total. The largest absolute Gasteiger partial charge is 0.496 e. The molecule has 2 aromatic heterocycles. The molecule has 1 unspecified atom stereocenters. The van der Waals surface area contributed by atoms with Crippen LogP contribution >= 0.6 is 0 Å². The summed E-state index contributed by atoms with van der Waals surface area (Å²) >= 11 is 0. The molecular formula is C27H25N5O3S. The number of fused-ring (bicyclic) bond motifs is 2. The summed E-state index contributed by atoms with van der Waals surface area (Å²) in [4.78, 5) is 25.7. The van der Waals surface area contributed by atoms with Crippen LogP contribution in [0.4, 0.5) is 5.95 Å². The Kier molecular flexibility index (Phi) is 6.75. The van der Waals surface area contributed by atoms with E-state index >= 15 is 0 Å². The Balaban J connectivity index is 1.33. The Morgan fingerprint density at radius 2 is 1.81 bits per heavy atom. The maximum atomic E-state index is 12.8. The number of nitrogens with one attached hydrogen (secondary N) is 3. The van der Waals surface area contributed by atoms with Crippen molar-refractivity contribution in [3.63, 3.8) is 0 Å². The highest BCUT2D eigenvalue weighted by molar-refractivity contribution is 7.84. The van der Waals surface area contributed by atoms with Crippen molar-refractivity contribution < 1.29 is 13.7 Å². The molecule has 0 saturated heterocycles. The number of rotatable bonds is 8. The Labute approximate surface area is 210 Å². The zero-order valence-electron chi connectivity index (χ0n) is 19.9. The molecule has 36 heavy (non-hydrogen) atoms. The lowest BCUT2D eigenvalue weighted by Gasteiger charge is -2.11. The third kappa shape index (κ3) is 4.98. The van der Waals surface area contributed by atoms with Crippen molar-refractivity contribution in [1.82, 2.24) is 20.3 Å². The van der Waals surface area contributed by atoms with Crippen LogP contribution in [0.5, 0.6) is 5.75 Å². The average molecular weight is 500 g/mol. The number of amides is 1. The van der Waals surface area contributed by atoms with E-state index in [-0.39, 0.29) is 5.91 Å². The van der Waals surface area contributed by atoms with Crippen LogP contribution in [0.1, 0.15) is 21.6 Å². The lowest BCUT2D eigenvalue weighted by Crippen LogP contribution is -2.15. The number of carbonyl (C=O) groups excluding carboxylic acids is 1. The van der Waals surface area contributed by atoms with Gasteiger partial charge in [0.25, 0.3) is 5.91 Å². The topological polar surface area (TPSA) is 109 Å². The Morgan fingerprint density at radius 1 is 1.03 bits per heavy atom. The molecule has 8 nitrogen and oxygen atoms in total. The lowest BCUT2D eigenvalue weighted by atomic mass is 10.1. The molecule has 2 heterocycles. The fourth-order valence-electron chi connectivity index (χ4n) is 4.05. The van der Waals surface area contributed by atoms with E-state index in [4.69, 9.17) is 4.74 Å². The second kappa shape index (κ2) is 10.3.